The van der Waals surface area contributed by atoms with E-state index in [0.29, 0.717) is 29.4 Å². The van der Waals surface area contributed by atoms with Crippen molar-refractivity contribution in [1.29, 1.82) is 0 Å². The Balaban J connectivity index is 1.51. The fourth-order valence-electron chi connectivity index (χ4n) is 4.50. The Kier molecular flexibility index (Phi) is 7.07. The number of hydrogen-bond donors (Lipinski definition) is 0. The van der Waals surface area contributed by atoms with Gasteiger partial charge in [0.2, 0.25) is 0 Å². The van der Waals surface area contributed by atoms with E-state index in [4.69, 9.17) is 14.2 Å². The molecule has 0 fully saturated rings. The van der Waals surface area contributed by atoms with Gasteiger partial charge in [-0.25, -0.2) is 9.79 Å². The maximum Gasteiger partial charge on any atom is 0.338 e. The monoisotopic (exact) mass is 564 g/mol. The van der Waals surface area contributed by atoms with Gasteiger partial charge in [0.05, 0.1) is 35.5 Å². The molecule has 0 unspecified atom stereocenters. The number of rotatable bonds is 7. The van der Waals surface area contributed by atoms with Gasteiger partial charge in [0.1, 0.15) is 6.61 Å². The second kappa shape index (κ2) is 10.4. The van der Waals surface area contributed by atoms with Gasteiger partial charge in [-0.1, -0.05) is 54.2 Å². The molecule has 1 atom stereocenters. The number of fused-ring (bicyclic) bond motifs is 2. The molecular formula is C28H25BrN2O4S. The molecule has 36 heavy (non-hydrogen) atoms. The van der Waals surface area contributed by atoms with Crippen molar-refractivity contribution in [1.82, 2.24) is 4.90 Å². The van der Waals surface area contributed by atoms with Crippen LogP contribution in [0.3, 0.4) is 0 Å². The summed E-state index contributed by atoms with van der Waals surface area (Å²) in [5.74, 6) is 0.795. The minimum absolute atomic E-state index is 0.289. The summed E-state index contributed by atoms with van der Waals surface area (Å²) in [4.78, 5) is 19.6. The molecule has 2 aliphatic rings. The Morgan fingerprint density at radius 2 is 1.97 bits per heavy atom. The zero-order chi connectivity index (χ0) is 25.2. The summed E-state index contributed by atoms with van der Waals surface area (Å²) in [7, 11) is 1.61. The van der Waals surface area contributed by atoms with E-state index in [1.165, 1.54) is 17.1 Å². The van der Waals surface area contributed by atoms with Crippen LogP contribution in [0.2, 0.25) is 0 Å². The van der Waals surface area contributed by atoms with E-state index in [1.54, 1.807) is 14.0 Å². The Hall–Kier alpha value is -3.23. The minimum atomic E-state index is -0.403. The molecule has 0 aliphatic carbocycles. The quantitative estimate of drug-likeness (QED) is 0.289. The summed E-state index contributed by atoms with van der Waals surface area (Å²) in [6.07, 6.45) is 1.94. The van der Waals surface area contributed by atoms with E-state index in [1.807, 2.05) is 53.8 Å². The molecule has 0 amide bonds. The molecule has 184 valence electrons. The van der Waals surface area contributed by atoms with E-state index in [0.717, 1.165) is 26.2 Å². The fraction of sp³-hybridized carbons (Fsp3) is 0.214. The number of nitrogens with zero attached hydrogens (tertiary/aromatic N) is 2. The molecule has 8 heteroatoms. The first-order valence-electron chi connectivity index (χ1n) is 11.6. The molecule has 3 aromatic carbocycles. The third-order valence-corrected chi connectivity index (χ3v) is 7.50. The largest absolute Gasteiger partial charge is 0.493 e. The summed E-state index contributed by atoms with van der Waals surface area (Å²) >= 11 is 5.22. The van der Waals surface area contributed by atoms with Crippen molar-refractivity contribution in [3.05, 3.63) is 93.1 Å². The molecule has 6 nitrogen and oxygen atoms in total. The molecule has 0 bridgehead atoms. The van der Waals surface area contributed by atoms with Crippen LogP contribution in [0.4, 0.5) is 0 Å². The number of allylic oxidation sites excluding steroid dienone is 1. The fourth-order valence-corrected chi connectivity index (χ4v) is 5.87. The van der Waals surface area contributed by atoms with Crippen LogP contribution in [0.5, 0.6) is 11.5 Å². The van der Waals surface area contributed by atoms with E-state index >= 15 is 0 Å². The van der Waals surface area contributed by atoms with Gasteiger partial charge in [-0.3, -0.25) is 0 Å². The number of carbonyl (C=O) groups is 1. The normalized spacial score (nSPS) is 16.7. The molecule has 0 radical (unpaired) electrons. The predicted octanol–water partition coefficient (Wildman–Crippen LogP) is 6.96. The lowest BCUT2D eigenvalue weighted by Crippen LogP contribution is -2.34. The maximum atomic E-state index is 13.0. The highest BCUT2D eigenvalue weighted by molar-refractivity contribution is 9.10. The third kappa shape index (κ3) is 4.51. The number of ether oxygens (including phenoxy) is 3. The highest BCUT2D eigenvalue weighted by Crippen LogP contribution is 2.45. The van der Waals surface area contributed by atoms with Crippen molar-refractivity contribution >= 4 is 49.6 Å². The van der Waals surface area contributed by atoms with Gasteiger partial charge in [0.25, 0.3) is 0 Å². The molecule has 5 rings (SSSR count). The Morgan fingerprint density at radius 3 is 2.78 bits per heavy atom. The van der Waals surface area contributed by atoms with Gasteiger partial charge in [0, 0.05) is 6.20 Å². The first-order valence-corrected chi connectivity index (χ1v) is 13.2. The standard InChI is InChI=1S/C28H25BrN2O4S/c1-4-34-27(32)24-17(2)30-28-31(12-13-36-28)25(24)20-14-22(29)26(23(15-20)33-3)35-16-19-10-7-9-18-8-5-6-11-21(18)19/h5-15,25H,4,16H2,1-3H3/t25-/m1/s1. The van der Waals surface area contributed by atoms with E-state index in [9.17, 15) is 4.79 Å². The van der Waals surface area contributed by atoms with Crippen LogP contribution in [0, 0.1) is 0 Å². The van der Waals surface area contributed by atoms with Gasteiger partial charge in [-0.15, -0.1) is 0 Å². The van der Waals surface area contributed by atoms with Crippen LogP contribution in [0.25, 0.3) is 10.8 Å². The number of amidine groups is 1. The molecule has 2 heterocycles. The van der Waals surface area contributed by atoms with Gasteiger partial charge in [-0.05, 0) is 69.2 Å². The van der Waals surface area contributed by atoms with Crippen LogP contribution in [-0.4, -0.2) is 29.8 Å². The van der Waals surface area contributed by atoms with Crippen molar-refractivity contribution in [2.45, 2.75) is 26.5 Å². The summed E-state index contributed by atoms with van der Waals surface area (Å²) < 4.78 is 18.2. The second-order valence-corrected chi connectivity index (χ2v) is 10.0. The number of carbonyl (C=O) groups excluding carboxylic acids is 1. The van der Waals surface area contributed by atoms with Crippen LogP contribution in [0.15, 0.2) is 86.9 Å². The summed E-state index contributed by atoms with van der Waals surface area (Å²) in [5.41, 5.74) is 3.10. The van der Waals surface area contributed by atoms with Gasteiger partial charge >= 0.3 is 5.97 Å². The number of methoxy groups -OCH3 is 1. The lowest BCUT2D eigenvalue weighted by Gasteiger charge is -2.33. The Labute approximate surface area is 222 Å². The van der Waals surface area contributed by atoms with E-state index in [2.05, 4.69) is 45.2 Å². The van der Waals surface area contributed by atoms with E-state index in [-0.39, 0.29) is 12.6 Å². The molecule has 0 N–H and O–H groups in total. The molecular weight excluding hydrogens is 540 g/mol. The zero-order valence-corrected chi connectivity index (χ0v) is 22.6. The minimum Gasteiger partial charge on any atom is -0.493 e. The van der Waals surface area contributed by atoms with Crippen LogP contribution < -0.4 is 9.47 Å². The third-order valence-electron chi connectivity index (χ3n) is 6.14. The Morgan fingerprint density at radius 1 is 1.17 bits per heavy atom. The first kappa shape index (κ1) is 24.5. The van der Waals surface area contributed by atoms with Crippen molar-refractivity contribution in [3.63, 3.8) is 0 Å². The summed E-state index contributed by atoms with van der Waals surface area (Å²) in [6, 6.07) is 17.9. The van der Waals surface area contributed by atoms with Crippen LogP contribution >= 0.6 is 27.7 Å². The molecule has 2 aliphatic heterocycles. The summed E-state index contributed by atoms with van der Waals surface area (Å²) in [6.45, 7) is 4.32. The highest BCUT2D eigenvalue weighted by Gasteiger charge is 2.38. The number of benzene rings is 3. The number of aliphatic imine (C=N–C) groups is 1. The number of thioether (sulfide) groups is 1. The molecule has 0 saturated heterocycles. The predicted molar refractivity (Wildman–Crippen MR) is 147 cm³/mol. The number of hydrogen-bond acceptors (Lipinski definition) is 7. The van der Waals surface area contributed by atoms with Crippen molar-refractivity contribution in [2.75, 3.05) is 13.7 Å². The van der Waals surface area contributed by atoms with Gasteiger partial charge in [0.15, 0.2) is 16.7 Å². The van der Waals surface area contributed by atoms with Gasteiger partial charge < -0.3 is 19.1 Å². The zero-order valence-electron chi connectivity index (χ0n) is 20.2. The second-order valence-electron chi connectivity index (χ2n) is 8.29. The molecule has 0 aromatic heterocycles. The lowest BCUT2D eigenvalue weighted by atomic mass is 9.94. The van der Waals surface area contributed by atoms with Gasteiger partial charge in [-0.2, -0.15) is 0 Å². The number of halogens is 1. The van der Waals surface area contributed by atoms with Crippen LogP contribution in [0.1, 0.15) is 31.0 Å². The smallest absolute Gasteiger partial charge is 0.338 e. The number of esters is 1. The average molecular weight is 565 g/mol. The topological polar surface area (TPSA) is 60.4 Å². The van der Waals surface area contributed by atoms with Crippen molar-refractivity contribution in [2.24, 2.45) is 4.99 Å². The Bertz CT molecular complexity index is 1430. The average Bonchev–Trinajstić information content (AvgIpc) is 3.34. The molecule has 0 saturated carbocycles. The highest BCUT2D eigenvalue weighted by atomic mass is 79.9. The van der Waals surface area contributed by atoms with Crippen molar-refractivity contribution < 1.29 is 19.0 Å². The van der Waals surface area contributed by atoms with E-state index < -0.39 is 6.04 Å². The van der Waals surface area contributed by atoms with Crippen LogP contribution in [-0.2, 0) is 16.1 Å². The first-order chi connectivity index (χ1) is 17.5. The summed E-state index contributed by atoms with van der Waals surface area (Å²) in [5, 5.41) is 5.09. The lowest BCUT2D eigenvalue weighted by molar-refractivity contribution is -0.139. The SMILES string of the molecule is CCOC(=O)C1=C(C)N=C2SC=CN2[C@@H]1c1cc(Br)c(OCc2cccc3ccccc23)c(OC)c1. The molecule has 3 aromatic rings. The van der Waals surface area contributed by atoms with Crippen molar-refractivity contribution in [3.8, 4) is 11.5 Å². The molecule has 0 spiro atoms. The maximum absolute atomic E-state index is 13.0.